The van der Waals surface area contributed by atoms with Gasteiger partial charge >= 0.3 is 0 Å². The molecule has 172 valence electrons. The molecule has 4 heterocycles. The second kappa shape index (κ2) is 9.17. The molecule has 33 heavy (non-hydrogen) atoms. The van der Waals surface area contributed by atoms with Gasteiger partial charge in [-0.3, -0.25) is 14.5 Å². The fraction of sp³-hybridized carbons (Fsp3) is 0.440. The van der Waals surface area contributed by atoms with Gasteiger partial charge in [-0.2, -0.15) is 10.2 Å². The molecule has 7 nitrogen and oxygen atoms in total. The van der Waals surface area contributed by atoms with Crippen molar-refractivity contribution in [3.63, 3.8) is 0 Å². The van der Waals surface area contributed by atoms with Crippen LogP contribution in [-0.2, 0) is 5.88 Å². The number of rotatable bonds is 7. The predicted octanol–water partition coefficient (Wildman–Crippen LogP) is 4.96. The molecule has 1 aliphatic rings. The van der Waals surface area contributed by atoms with Gasteiger partial charge in [-0.25, -0.2) is 4.52 Å². The normalized spacial score (nSPS) is 18.4. The van der Waals surface area contributed by atoms with Crippen molar-refractivity contribution in [3.05, 3.63) is 48.5 Å². The summed E-state index contributed by atoms with van der Waals surface area (Å²) in [6.07, 6.45) is 11.3. The summed E-state index contributed by atoms with van der Waals surface area (Å²) in [7, 11) is 0. The second-order valence-electron chi connectivity index (χ2n) is 9.07. The molecule has 0 spiro atoms. The SMILES string of the molecule is CCN(CC1CCC(C)C1)C(=O)c1cc2c(cn1)c(-c1cnn3ccccc13)nn2CSC. The maximum absolute atomic E-state index is 13.4. The number of hydrogen-bond acceptors (Lipinski definition) is 5. The Morgan fingerprint density at radius 3 is 2.88 bits per heavy atom. The van der Waals surface area contributed by atoms with Gasteiger partial charge in [-0.1, -0.05) is 19.4 Å². The minimum absolute atomic E-state index is 0.00777. The quantitative estimate of drug-likeness (QED) is 0.388. The maximum Gasteiger partial charge on any atom is 0.272 e. The Labute approximate surface area is 198 Å². The van der Waals surface area contributed by atoms with E-state index in [4.69, 9.17) is 5.10 Å². The number of aromatic nitrogens is 5. The highest BCUT2D eigenvalue weighted by Gasteiger charge is 2.26. The molecule has 5 rings (SSSR count). The molecular weight excluding hydrogens is 432 g/mol. The molecule has 1 saturated carbocycles. The third-order valence-electron chi connectivity index (χ3n) is 6.74. The number of carbonyl (C=O) groups is 1. The first kappa shape index (κ1) is 21.9. The Morgan fingerprint density at radius 2 is 2.12 bits per heavy atom. The molecule has 2 atom stereocenters. The first-order valence-electron chi connectivity index (χ1n) is 11.7. The fourth-order valence-corrected chi connectivity index (χ4v) is 5.48. The standard InChI is InChI=1S/C25H30N6OS/c1-4-29(15-18-9-8-17(2)11-18)25(32)21-12-23-19(13-26-21)24(28-31(23)16-33-3)20-14-27-30-10-6-5-7-22(20)30/h5-7,10,12-14,17-18H,4,8-9,11,15-16H2,1-3H3. The average Bonchev–Trinajstić information content (AvgIpc) is 3.54. The molecule has 1 aliphatic carbocycles. The predicted molar refractivity (Wildman–Crippen MR) is 133 cm³/mol. The average molecular weight is 463 g/mol. The smallest absolute Gasteiger partial charge is 0.272 e. The van der Waals surface area contributed by atoms with Crippen molar-refractivity contribution in [1.82, 2.24) is 29.3 Å². The van der Waals surface area contributed by atoms with Gasteiger partial charge in [-0.05, 0) is 56.1 Å². The molecule has 2 unspecified atom stereocenters. The number of carbonyl (C=O) groups excluding carboxylic acids is 1. The van der Waals surface area contributed by atoms with E-state index in [0.29, 0.717) is 24.0 Å². The number of hydrogen-bond donors (Lipinski definition) is 0. The van der Waals surface area contributed by atoms with Crippen LogP contribution >= 0.6 is 11.8 Å². The highest BCUT2D eigenvalue weighted by molar-refractivity contribution is 7.97. The molecule has 0 bridgehead atoms. The number of fused-ring (bicyclic) bond motifs is 2. The molecule has 8 heteroatoms. The first-order valence-corrected chi connectivity index (χ1v) is 13.1. The number of nitrogens with zero attached hydrogens (tertiary/aromatic N) is 6. The van der Waals surface area contributed by atoms with Gasteiger partial charge in [0.15, 0.2) is 0 Å². The molecule has 0 aliphatic heterocycles. The number of thioether (sulfide) groups is 1. The lowest BCUT2D eigenvalue weighted by atomic mass is 10.1. The summed E-state index contributed by atoms with van der Waals surface area (Å²) in [5.74, 6) is 2.06. The van der Waals surface area contributed by atoms with Crippen LogP contribution in [0.4, 0.5) is 0 Å². The third kappa shape index (κ3) is 4.12. The first-order chi connectivity index (χ1) is 16.1. The summed E-state index contributed by atoms with van der Waals surface area (Å²) in [5, 5.41) is 10.3. The van der Waals surface area contributed by atoms with E-state index in [1.165, 1.54) is 19.3 Å². The lowest BCUT2D eigenvalue weighted by molar-refractivity contribution is 0.0732. The van der Waals surface area contributed by atoms with E-state index in [2.05, 4.69) is 30.2 Å². The van der Waals surface area contributed by atoms with Crippen molar-refractivity contribution in [2.75, 3.05) is 19.3 Å². The molecule has 1 amide bonds. The molecular formula is C25H30N6OS. The van der Waals surface area contributed by atoms with Gasteiger partial charge in [0.05, 0.1) is 23.1 Å². The van der Waals surface area contributed by atoms with Crippen molar-refractivity contribution in [3.8, 4) is 11.3 Å². The fourth-order valence-electron chi connectivity index (χ4n) is 5.04. The topological polar surface area (TPSA) is 68.3 Å². The van der Waals surface area contributed by atoms with Crippen molar-refractivity contribution in [2.24, 2.45) is 11.8 Å². The number of pyridine rings is 2. The van der Waals surface area contributed by atoms with E-state index in [1.807, 2.05) is 50.8 Å². The van der Waals surface area contributed by atoms with Crippen molar-refractivity contribution >= 4 is 34.1 Å². The van der Waals surface area contributed by atoms with Crippen LogP contribution in [0.25, 0.3) is 27.7 Å². The summed E-state index contributed by atoms with van der Waals surface area (Å²) in [6, 6.07) is 7.91. The van der Waals surface area contributed by atoms with Crippen LogP contribution in [0.3, 0.4) is 0 Å². The Bertz CT molecular complexity index is 1290. The van der Waals surface area contributed by atoms with Gasteiger partial charge in [0.25, 0.3) is 5.91 Å². The monoisotopic (exact) mass is 462 g/mol. The second-order valence-corrected chi connectivity index (χ2v) is 9.90. The number of amides is 1. The lowest BCUT2D eigenvalue weighted by Crippen LogP contribution is -2.35. The van der Waals surface area contributed by atoms with E-state index < -0.39 is 0 Å². The summed E-state index contributed by atoms with van der Waals surface area (Å²) in [6.45, 7) is 5.87. The minimum atomic E-state index is 0.00777. The summed E-state index contributed by atoms with van der Waals surface area (Å²) in [4.78, 5) is 20.0. The maximum atomic E-state index is 13.4. The lowest BCUT2D eigenvalue weighted by Gasteiger charge is -2.24. The minimum Gasteiger partial charge on any atom is -0.337 e. The third-order valence-corrected chi connectivity index (χ3v) is 7.24. The van der Waals surface area contributed by atoms with Gasteiger partial charge in [0.1, 0.15) is 11.4 Å². The molecule has 0 radical (unpaired) electrons. The molecule has 1 fully saturated rings. The molecule has 0 N–H and O–H groups in total. The molecule has 4 aromatic heterocycles. The summed E-state index contributed by atoms with van der Waals surface area (Å²) < 4.78 is 3.82. The van der Waals surface area contributed by atoms with E-state index in [1.54, 1.807) is 18.0 Å². The van der Waals surface area contributed by atoms with Gasteiger partial charge < -0.3 is 4.90 Å². The van der Waals surface area contributed by atoms with E-state index in [-0.39, 0.29) is 5.91 Å². The van der Waals surface area contributed by atoms with Crippen LogP contribution in [-0.4, -0.2) is 54.5 Å². The zero-order chi connectivity index (χ0) is 22.9. The summed E-state index contributed by atoms with van der Waals surface area (Å²) in [5.41, 5.74) is 4.23. The molecule has 4 aromatic rings. The van der Waals surface area contributed by atoms with Crippen LogP contribution in [0.15, 0.2) is 42.9 Å². The Balaban J connectivity index is 1.52. The van der Waals surface area contributed by atoms with Crippen LogP contribution in [0.5, 0.6) is 0 Å². The Morgan fingerprint density at radius 1 is 1.24 bits per heavy atom. The van der Waals surface area contributed by atoms with Crippen LogP contribution in [0.1, 0.15) is 43.6 Å². The van der Waals surface area contributed by atoms with E-state index in [9.17, 15) is 4.79 Å². The van der Waals surface area contributed by atoms with Crippen LogP contribution in [0, 0.1) is 11.8 Å². The van der Waals surface area contributed by atoms with Crippen LogP contribution in [0.2, 0.25) is 0 Å². The van der Waals surface area contributed by atoms with Crippen molar-refractivity contribution in [1.29, 1.82) is 0 Å². The van der Waals surface area contributed by atoms with E-state index in [0.717, 1.165) is 40.1 Å². The van der Waals surface area contributed by atoms with Gasteiger partial charge in [-0.15, -0.1) is 11.8 Å². The highest BCUT2D eigenvalue weighted by atomic mass is 32.2. The molecule has 0 saturated heterocycles. The van der Waals surface area contributed by atoms with Gasteiger partial charge in [0, 0.05) is 36.4 Å². The van der Waals surface area contributed by atoms with Crippen molar-refractivity contribution < 1.29 is 4.79 Å². The van der Waals surface area contributed by atoms with Crippen molar-refractivity contribution in [2.45, 2.75) is 39.0 Å². The zero-order valence-corrected chi connectivity index (χ0v) is 20.3. The highest BCUT2D eigenvalue weighted by Crippen LogP contribution is 2.33. The largest absolute Gasteiger partial charge is 0.337 e. The molecule has 0 aromatic carbocycles. The zero-order valence-electron chi connectivity index (χ0n) is 19.4. The van der Waals surface area contributed by atoms with Gasteiger partial charge in [0.2, 0.25) is 0 Å². The van der Waals surface area contributed by atoms with Crippen LogP contribution < -0.4 is 0 Å². The van der Waals surface area contributed by atoms with E-state index >= 15 is 0 Å². The Hall–Kier alpha value is -2.87. The Kier molecular flexibility index (Phi) is 6.10. The summed E-state index contributed by atoms with van der Waals surface area (Å²) >= 11 is 1.69.